The van der Waals surface area contributed by atoms with Crippen molar-refractivity contribution >= 4 is 30.7 Å². The van der Waals surface area contributed by atoms with Crippen molar-refractivity contribution in [2.24, 2.45) is 0 Å². The van der Waals surface area contributed by atoms with Crippen LogP contribution in [0.3, 0.4) is 0 Å². The van der Waals surface area contributed by atoms with Crippen LogP contribution in [-0.4, -0.2) is 73.6 Å². The Morgan fingerprint density at radius 3 is 2.69 bits per heavy atom. The third kappa shape index (κ3) is 6.41. The van der Waals surface area contributed by atoms with Crippen LogP contribution in [0.4, 0.5) is 19.0 Å². The van der Waals surface area contributed by atoms with E-state index in [0.717, 1.165) is 17.2 Å². The number of aliphatic hydroxyl groups excluding tert-OH is 1. The number of halogens is 3. The number of nitrogens with zero attached hydrogens (tertiary/aromatic N) is 4. The van der Waals surface area contributed by atoms with Gasteiger partial charge >= 0.3 is 13.7 Å². The van der Waals surface area contributed by atoms with Crippen LogP contribution in [0.25, 0.3) is 11.2 Å². The minimum Gasteiger partial charge on any atom is -0.462 e. The smallest absolute Gasteiger partial charge is 0.459 e. The largest absolute Gasteiger partial charge is 0.462 e. The summed E-state index contributed by atoms with van der Waals surface area (Å²) < 4.78 is 79.7. The summed E-state index contributed by atoms with van der Waals surface area (Å²) in [4.78, 5) is 23.9. The van der Waals surface area contributed by atoms with Crippen LogP contribution in [0, 0.1) is 0 Å². The second kappa shape index (κ2) is 12.0. The van der Waals surface area contributed by atoms with Crippen LogP contribution >= 0.6 is 7.75 Å². The molecule has 17 heteroatoms. The zero-order valence-corrected chi connectivity index (χ0v) is 22.4. The van der Waals surface area contributed by atoms with Crippen molar-refractivity contribution in [3.63, 3.8) is 0 Å². The van der Waals surface area contributed by atoms with Gasteiger partial charge in [-0.15, -0.1) is 0 Å². The Balaban J connectivity index is 1.91. The molecular weight excluding hydrogens is 548 g/mol. The van der Waals surface area contributed by atoms with Crippen LogP contribution in [-0.2, 0) is 27.9 Å². The van der Waals surface area contributed by atoms with Crippen molar-refractivity contribution in [1.29, 1.82) is 0 Å². The first-order valence-corrected chi connectivity index (χ1v) is 13.2. The zero-order valence-electron chi connectivity index (χ0n) is 21.5. The average Bonchev–Trinajstić information content (AvgIpc) is 3.38. The van der Waals surface area contributed by atoms with Gasteiger partial charge in [-0.1, -0.05) is 12.7 Å². The molecule has 1 aliphatic rings. The molecule has 0 radical (unpaired) electrons. The second-order valence-electron chi connectivity index (χ2n) is 8.95. The minimum atomic E-state index is -4.64. The number of alkyl halides is 3. The molecule has 0 saturated carbocycles. The predicted molar refractivity (Wildman–Crippen MR) is 132 cm³/mol. The number of carbonyl (C=O) groups is 1. The van der Waals surface area contributed by atoms with E-state index in [1.54, 1.807) is 13.8 Å². The van der Waals surface area contributed by atoms with Crippen LogP contribution in [0.2, 0.25) is 0 Å². The fourth-order valence-corrected chi connectivity index (χ4v) is 5.27. The molecule has 1 fully saturated rings. The van der Waals surface area contributed by atoms with Crippen molar-refractivity contribution < 1.29 is 46.2 Å². The number of nitrogens with one attached hydrogen (secondary N) is 1. The molecule has 2 aromatic heterocycles. The Morgan fingerprint density at radius 2 is 2.08 bits per heavy atom. The quantitative estimate of drug-likeness (QED) is 0.146. The summed E-state index contributed by atoms with van der Waals surface area (Å²) in [5, 5.41) is 12.9. The number of fused-ring (bicyclic) bond motifs is 1. The number of imidazole rings is 1. The molecule has 0 bridgehead atoms. The maximum Gasteiger partial charge on any atom is 0.459 e. The van der Waals surface area contributed by atoms with E-state index in [4.69, 9.17) is 24.3 Å². The van der Waals surface area contributed by atoms with E-state index >= 15 is 4.39 Å². The summed E-state index contributed by atoms with van der Waals surface area (Å²) >= 11 is 0. The molecule has 2 aromatic rings. The number of esters is 1. The van der Waals surface area contributed by atoms with Gasteiger partial charge in [0.15, 0.2) is 29.5 Å². The Hall–Kier alpha value is -3.04. The lowest BCUT2D eigenvalue weighted by Crippen LogP contribution is -2.52. The molecule has 1 unspecified atom stereocenters. The normalized spacial score (nSPS) is 26.1. The monoisotopic (exact) mass is 578 g/mol. The first-order chi connectivity index (χ1) is 18.2. The summed E-state index contributed by atoms with van der Waals surface area (Å²) in [6.07, 6.45) is -6.07. The van der Waals surface area contributed by atoms with Gasteiger partial charge in [-0.05, 0) is 33.8 Å². The number of rotatable bonds is 12. The third-order valence-electron chi connectivity index (χ3n) is 5.58. The Bertz CT molecular complexity index is 1280. The molecule has 0 amide bonds. The molecule has 0 aromatic carbocycles. The fourth-order valence-electron chi connectivity index (χ4n) is 3.70. The topological polar surface area (TPSA) is 173 Å². The highest BCUT2D eigenvalue weighted by Gasteiger charge is 2.62. The number of aliphatic hydroxyl groups is 1. The van der Waals surface area contributed by atoms with Gasteiger partial charge in [0.2, 0.25) is 0 Å². The van der Waals surface area contributed by atoms with Gasteiger partial charge in [-0.25, -0.2) is 32.7 Å². The lowest BCUT2D eigenvalue weighted by Gasteiger charge is -2.32. The van der Waals surface area contributed by atoms with E-state index in [2.05, 4.69) is 26.6 Å². The molecule has 13 nitrogen and oxygen atoms in total. The van der Waals surface area contributed by atoms with Crippen molar-refractivity contribution in [3.05, 3.63) is 37.1 Å². The van der Waals surface area contributed by atoms with Crippen molar-refractivity contribution in [3.8, 4) is 0 Å². The fraction of sp³-hybridized carbons (Fsp3) is 0.545. The van der Waals surface area contributed by atoms with Crippen LogP contribution in [0.5, 0.6) is 0 Å². The van der Waals surface area contributed by atoms with Crippen LogP contribution < -0.4 is 10.8 Å². The van der Waals surface area contributed by atoms with E-state index in [1.807, 2.05) is 0 Å². The van der Waals surface area contributed by atoms with Crippen molar-refractivity contribution in [2.75, 3.05) is 12.3 Å². The van der Waals surface area contributed by atoms with Gasteiger partial charge in [0, 0.05) is 0 Å². The van der Waals surface area contributed by atoms with E-state index in [9.17, 15) is 23.2 Å². The zero-order chi connectivity index (χ0) is 29.1. The van der Waals surface area contributed by atoms with Crippen molar-refractivity contribution in [1.82, 2.24) is 24.6 Å². The number of ether oxygens (including phenoxy) is 2. The third-order valence-corrected chi connectivity index (χ3v) is 7.28. The van der Waals surface area contributed by atoms with Gasteiger partial charge in [0.05, 0.1) is 19.0 Å². The highest BCUT2D eigenvalue weighted by atomic mass is 31.2. The number of anilines is 1. The number of aromatic nitrogens is 4. The van der Waals surface area contributed by atoms with Crippen LogP contribution in [0.1, 0.15) is 33.9 Å². The Morgan fingerprint density at radius 1 is 1.38 bits per heavy atom. The summed E-state index contributed by atoms with van der Waals surface area (Å²) in [5.41, 5.74) is 2.74. The highest BCUT2D eigenvalue weighted by Crippen LogP contribution is 2.51. The highest BCUT2D eigenvalue weighted by molar-refractivity contribution is 7.51. The minimum absolute atomic E-state index is 0.0207. The van der Waals surface area contributed by atoms with E-state index < -0.39 is 63.0 Å². The van der Waals surface area contributed by atoms with Gasteiger partial charge in [0.1, 0.15) is 29.7 Å². The summed E-state index contributed by atoms with van der Waals surface area (Å²) in [7, 11) is -4.64. The number of nitrogens with two attached hydrogens (primary N) is 1. The molecule has 1 aliphatic heterocycles. The first kappa shape index (κ1) is 30.5. The predicted octanol–water partition coefficient (Wildman–Crippen LogP) is 2.80. The van der Waals surface area contributed by atoms with Gasteiger partial charge < -0.3 is 24.8 Å². The summed E-state index contributed by atoms with van der Waals surface area (Å²) in [6, 6.07) is -1.28. The summed E-state index contributed by atoms with van der Waals surface area (Å²) in [6.45, 7) is 7.99. The van der Waals surface area contributed by atoms with Crippen molar-refractivity contribution in [2.45, 2.75) is 70.4 Å². The number of hydrogen-bond acceptors (Lipinski definition) is 11. The molecule has 0 spiro atoms. The molecule has 6 atom stereocenters. The molecule has 4 N–H and O–H groups in total. The van der Waals surface area contributed by atoms with Gasteiger partial charge in [-0.3, -0.25) is 13.9 Å². The van der Waals surface area contributed by atoms with Gasteiger partial charge in [0.25, 0.3) is 6.43 Å². The molecule has 216 valence electrons. The lowest BCUT2D eigenvalue weighted by atomic mass is 9.97. The summed E-state index contributed by atoms with van der Waals surface area (Å²) in [5.74, 6) is -0.901. The standard InChI is InChI=1S/C22H30F3N6O7P/c1-6-7-12(4)38-39(34,30-13(5)20(33)36-11(2)3)35-8-22(21(24)25)16(32)14(23)19(37-22)31-10-29-15-17(26)27-9-28-18(15)31/h6-7,9-11,13-14,16,19,21,32H,1,8H2,2-5H3,(H,30,34)(H2,26,27,28)/b12-7-/t13-,14+,16-,19+,22+,39?/m0/s1. The second-order valence-corrected chi connectivity index (χ2v) is 10.6. The van der Waals surface area contributed by atoms with E-state index in [-0.39, 0.29) is 22.7 Å². The molecule has 3 heterocycles. The lowest BCUT2D eigenvalue weighted by molar-refractivity contribution is -0.192. The number of allylic oxidation sites excluding steroid dienone is 3. The van der Waals surface area contributed by atoms with Crippen LogP contribution in [0.15, 0.2) is 37.1 Å². The Kier molecular flexibility index (Phi) is 9.39. The Labute approximate surface area is 221 Å². The van der Waals surface area contributed by atoms with Gasteiger partial charge in [-0.2, -0.15) is 5.09 Å². The SMILES string of the molecule is C=C/C=C(/C)OP(=O)(N[C@@H](C)C(=O)OC(C)C)OC[C@@]1(C(F)F)O[C@@H](n2cnc3c(N)ncnc32)[C@H](F)[C@@H]1O. The molecule has 0 aliphatic carbocycles. The molecular formula is C22H30F3N6O7P. The molecule has 3 rings (SSSR count). The number of hydrogen-bond donors (Lipinski definition) is 3. The van der Waals surface area contributed by atoms with E-state index in [0.29, 0.717) is 0 Å². The first-order valence-electron chi connectivity index (χ1n) is 11.7. The number of nitrogen functional groups attached to an aromatic ring is 1. The molecule has 1 saturated heterocycles. The molecule has 39 heavy (non-hydrogen) atoms. The average molecular weight is 578 g/mol. The number of carbonyl (C=O) groups excluding carboxylic acids is 1. The maximum absolute atomic E-state index is 15.3. The maximum atomic E-state index is 15.3. The van der Waals surface area contributed by atoms with E-state index in [1.165, 1.54) is 26.0 Å².